The second kappa shape index (κ2) is 6.42. The monoisotopic (exact) mass is 316 g/mol. The van der Waals surface area contributed by atoms with E-state index in [1.54, 1.807) is 16.4 Å². The van der Waals surface area contributed by atoms with Gasteiger partial charge < -0.3 is 4.90 Å². The molecule has 0 N–H and O–H groups in total. The van der Waals surface area contributed by atoms with E-state index in [-0.39, 0.29) is 17.5 Å². The number of para-hydroxylation sites is 1. The highest BCUT2D eigenvalue weighted by atomic mass is 16.2. The molecule has 0 saturated heterocycles. The molecule has 0 spiro atoms. The van der Waals surface area contributed by atoms with Crippen LogP contribution in [0.2, 0.25) is 0 Å². The molecule has 0 aliphatic heterocycles. The molecule has 0 radical (unpaired) electrons. The van der Waals surface area contributed by atoms with Gasteiger partial charge in [0.25, 0.3) is 5.56 Å². The minimum Gasteiger partial charge on any atom is -0.308 e. The van der Waals surface area contributed by atoms with Gasteiger partial charge in [0, 0.05) is 14.1 Å². The first-order valence-electron chi connectivity index (χ1n) is 7.55. The molecule has 2 rings (SSSR count). The largest absolute Gasteiger partial charge is 0.308 e. The Bertz CT molecular complexity index is 759. The molecule has 23 heavy (non-hydrogen) atoms. The predicted octanol–water partition coefficient (Wildman–Crippen LogP) is 1.40. The molecule has 1 aromatic heterocycles. The summed E-state index contributed by atoms with van der Waals surface area (Å²) in [6, 6.07) is 9.10. The van der Waals surface area contributed by atoms with E-state index >= 15 is 0 Å². The third kappa shape index (κ3) is 2.94. The summed E-state index contributed by atoms with van der Waals surface area (Å²) in [7, 11) is 7.16. The average molecular weight is 316 g/mol. The summed E-state index contributed by atoms with van der Waals surface area (Å²) >= 11 is 0. The highest BCUT2D eigenvalue weighted by Crippen LogP contribution is 2.18. The minimum atomic E-state index is -0.302. The van der Waals surface area contributed by atoms with E-state index in [0.29, 0.717) is 5.69 Å². The number of rotatable bonds is 4. The van der Waals surface area contributed by atoms with Crippen LogP contribution in [0.5, 0.6) is 0 Å². The zero-order valence-corrected chi connectivity index (χ0v) is 14.6. The summed E-state index contributed by atoms with van der Waals surface area (Å²) in [5, 5.41) is 0. The van der Waals surface area contributed by atoms with Gasteiger partial charge in [-0.1, -0.05) is 18.2 Å². The van der Waals surface area contributed by atoms with Gasteiger partial charge in [0.1, 0.15) is 5.69 Å². The Kier molecular flexibility index (Phi) is 4.75. The van der Waals surface area contributed by atoms with Crippen molar-refractivity contribution in [3.8, 4) is 5.69 Å². The maximum atomic E-state index is 12.9. The quantitative estimate of drug-likeness (QED) is 0.857. The Morgan fingerprint density at radius 1 is 1.13 bits per heavy atom. The van der Waals surface area contributed by atoms with Crippen LogP contribution in [0.3, 0.4) is 0 Å². The summed E-state index contributed by atoms with van der Waals surface area (Å²) in [4.78, 5) is 28.7. The summed E-state index contributed by atoms with van der Waals surface area (Å²) in [5.74, 6) is -0.110. The van der Waals surface area contributed by atoms with E-state index < -0.39 is 0 Å². The number of benzene rings is 1. The molecule has 0 aliphatic rings. The normalized spacial score (nSPS) is 12.5. The van der Waals surface area contributed by atoms with Crippen LogP contribution in [0.15, 0.2) is 35.1 Å². The molecule has 124 valence electrons. The molecule has 0 fully saturated rings. The highest BCUT2D eigenvalue weighted by Gasteiger charge is 2.26. The fourth-order valence-corrected chi connectivity index (χ4v) is 2.55. The van der Waals surface area contributed by atoms with E-state index in [4.69, 9.17) is 0 Å². The van der Waals surface area contributed by atoms with Crippen LogP contribution < -0.4 is 10.5 Å². The molecule has 1 aromatic carbocycles. The van der Waals surface area contributed by atoms with Gasteiger partial charge in [0.2, 0.25) is 5.91 Å². The van der Waals surface area contributed by atoms with E-state index in [9.17, 15) is 9.59 Å². The number of carbonyl (C=O) groups is 1. The van der Waals surface area contributed by atoms with Gasteiger partial charge in [-0.15, -0.1) is 0 Å². The summed E-state index contributed by atoms with van der Waals surface area (Å²) in [6.07, 6.45) is 0. The molecular formula is C17H24N4O2. The van der Waals surface area contributed by atoms with Crippen LogP contribution in [0.4, 0.5) is 5.69 Å². The maximum absolute atomic E-state index is 12.9. The topological polar surface area (TPSA) is 50.5 Å². The fraction of sp³-hybridized carbons (Fsp3) is 0.412. The second-order valence-corrected chi connectivity index (χ2v) is 5.95. The third-order valence-electron chi connectivity index (χ3n) is 4.32. The first kappa shape index (κ1) is 17.0. The van der Waals surface area contributed by atoms with Crippen LogP contribution >= 0.6 is 0 Å². The van der Waals surface area contributed by atoms with Gasteiger partial charge in [-0.25, -0.2) is 4.68 Å². The number of hydrogen-bond donors (Lipinski definition) is 0. The first-order valence-corrected chi connectivity index (χ1v) is 7.55. The molecule has 1 unspecified atom stereocenters. The van der Waals surface area contributed by atoms with Gasteiger partial charge in [-0.3, -0.25) is 19.2 Å². The van der Waals surface area contributed by atoms with E-state index in [1.807, 2.05) is 70.2 Å². The van der Waals surface area contributed by atoms with Crippen molar-refractivity contribution in [3.63, 3.8) is 0 Å². The molecule has 1 heterocycles. The van der Waals surface area contributed by atoms with Crippen molar-refractivity contribution in [1.82, 2.24) is 14.3 Å². The van der Waals surface area contributed by atoms with Crippen LogP contribution in [-0.2, 0) is 11.8 Å². The average Bonchev–Trinajstić information content (AvgIpc) is 2.75. The standard InChI is InChI=1S/C17H24N4O2/c1-12-15(19(5)16(22)13(2)18(3)4)17(23)21(20(12)6)14-10-8-7-9-11-14/h7-11,13H,1-6H3. The SMILES string of the molecule is Cc1c(N(C)C(=O)C(C)N(C)C)c(=O)n(-c2ccccc2)n1C. The van der Waals surface area contributed by atoms with Crippen molar-refractivity contribution in [2.24, 2.45) is 7.05 Å². The van der Waals surface area contributed by atoms with E-state index in [1.165, 1.54) is 4.90 Å². The van der Waals surface area contributed by atoms with Crippen LogP contribution in [0.1, 0.15) is 12.6 Å². The molecule has 2 aromatic rings. The Morgan fingerprint density at radius 3 is 2.22 bits per heavy atom. The Balaban J connectivity index is 2.54. The molecule has 1 atom stereocenters. The van der Waals surface area contributed by atoms with Gasteiger partial charge in [-0.05, 0) is 40.1 Å². The predicted molar refractivity (Wildman–Crippen MR) is 92.3 cm³/mol. The van der Waals surface area contributed by atoms with Gasteiger partial charge >= 0.3 is 0 Å². The molecule has 1 amide bonds. The van der Waals surface area contributed by atoms with Crippen molar-refractivity contribution in [2.75, 3.05) is 26.0 Å². The van der Waals surface area contributed by atoms with Crippen molar-refractivity contribution < 1.29 is 4.79 Å². The lowest BCUT2D eigenvalue weighted by atomic mass is 10.2. The van der Waals surface area contributed by atoms with Crippen LogP contribution in [-0.4, -0.2) is 47.4 Å². The number of nitrogens with zero attached hydrogens (tertiary/aromatic N) is 4. The van der Waals surface area contributed by atoms with E-state index in [0.717, 1.165) is 11.4 Å². The minimum absolute atomic E-state index is 0.110. The number of hydrogen-bond acceptors (Lipinski definition) is 3. The van der Waals surface area contributed by atoms with Crippen molar-refractivity contribution in [1.29, 1.82) is 0 Å². The molecule has 0 saturated carbocycles. The number of carbonyl (C=O) groups excluding carboxylic acids is 1. The summed E-state index contributed by atoms with van der Waals surface area (Å²) < 4.78 is 3.35. The molecule has 0 aliphatic carbocycles. The van der Waals surface area contributed by atoms with Gasteiger partial charge in [0.15, 0.2) is 0 Å². The van der Waals surface area contributed by atoms with Crippen molar-refractivity contribution >= 4 is 11.6 Å². The maximum Gasteiger partial charge on any atom is 0.295 e. The van der Waals surface area contributed by atoms with E-state index in [2.05, 4.69) is 0 Å². The van der Waals surface area contributed by atoms with Crippen molar-refractivity contribution in [2.45, 2.75) is 19.9 Å². The Labute approximate surface area is 136 Å². The lowest BCUT2D eigenvalue weighted by Gasteiger charge is -2.24. The second-order valence-electron chi connectivity index (χ2n) is 5.95. The molecular weight excluding hydrogens is 292 g/mol. The Morgan fingerprint density at radius 2 is 1.70 bits per heavy atom. The summed E-state index contributed by atoms with van der Waals surface area (Å²) in [6.45, 7) is 3.67. The zero-order valence-electron chi connectivity index (χ0n) is 14.6. The Hall–Kier alpha value is -2.34. The lowest BCUT2D eigenvalue weighted by molar-refractivity contribution is -0.122. The molecule has 6 nitrogen and oxygen atoms in total. The third-order valence-corrected chi connectivity index (χ3v) is 4.32. The highest BCUT2D eigenvalue weighted by molar-refractivity contribution is 5.96. The van der Waals surface area contributed by atoms with Crippen molar-refractivity contribution in [3.05, 3.63) is 46.4 Å². The lowest BCUT2D eigenvalue weighted by Crippen LogP contribution is -2.44. The van der Waals surface area contributed by atoms with Gasteiger partial charge in [0.05, 0.1) is 17.4 Å². The van der Waals surface area contributed by atoms with Crippen LogP contribution in [0, 0.1) is 6.92 Å². The van der Waals surface area contributed by atoms with Crippen LogP contribution in [0.25, 0.3) is 5.69 Å². The number of anilines is 1. The number of amides is 1. The number of likely N-dealkylation sites (N-methyl/N-ethyl adjacent to an activating group) is 2. The molecule has 0 bridgehead atoms. The smallest absolute Gasteiger partial charge is 0.295 e. The first-order chi connectivity index (χ1) is 10.8. The summed E-state index contributed by atoms with van der Waals surface area (Å²) in [5.41, 5.74) is 1.74. The van der Waals surface area contributed by atoms with Gasteiger partial charge in [-0.2, -0.15) is 0 Å². The zero-order chi connectivity index (χ0) is 17.3. The number of aromatic nitrogens is 2. The molecule has 6 heteroatoms. The fourth-order valence-electron chi connectivity index (χ4n) is 2.55.